The maximum atomic E-state index is 12.1. The molecule has 1 aliphatic heterocycles. The molecule has 1 unspecified atom stereocenters. The van der Waals surface area contributed by atoms with E-state index in [1.54, 1.807) is 55.6 Å². The monoisotopic (exact) mass is 306 g/mol. The smallest absolute Gasteiger partial charge is 0.265 e. The molecule has 23 heavy (non-hydrogen) atoms. The molecule has 2 N–H and O–H groups in total. The van der Waals surface area contributed by atoms with E-state index in [0.717, 1.165) is 0 Å². The van der Waals surface area contributed by atoms with Gasteiger partial charge in [0.05, 0.1) is 7.11 Å². The number of benzene rings is 2. The van der Waals surface area contributed by atoms with Gasteiger partial charge in [-0.25, -0.2) is 0 Å². The molecule has 2 aromatic rings. The third-order valence-corrected chi connectivity index (χ3v) is 3.82. The normalized spacial score (nSPS) is 20.1. The van der Waals surface area contributed by atoms with Crippen LogP contribution < -0.4 is 10.1 Å². The first-order valence-electron chi connectivity index (χ1n) is 7.00. The Kier molecular flexibility index (Phi) is 3.61. The van der Waals surface area contributed by atoms with Crippen LogP contribution in [0.3, 0.4) is 0 Å². The molecular weight excluding hydrogens is 292 g/mol. The van der Waals surface area contributed by atoms with Crippen molar-refractivity contribution in [2.75, 3.05) is 7.11 Å². The van der Waals surface area contributed by atoms with Crippen molar-refractivity contribution in [1.82, 2.24) is 5.32 Å². The molecule has 0 aromatic heterocycles. The summed E-state index contributed by atoms with van der Waals surface area (Å²) < 4.78 is 5.11. The van der Waals surface area contributed by atoms with Crippen molar-refractivity contribution in [2.45, 2.75) is 5.72 Å². The Balaban J connectivity index is 2.19. The van der Waals surface area contributed by atoms with Gasteiger partial charge in [-0.2, -0.15) is 5.26 Å². The Morgan fingerprint density at radius 3 is 2.35 bits per heavy atom. The van der Waals surface area contributed by atoms with Crippen LogP contribution in [0.25, 0.3) is 5.57 Å². The molecule has 1 atom stereocenters. The lowest BCUT2D eigenvalue weighted by Crippen LogP contribution is -2.41. The molecule has 0 aliphatic carbocycles. The number of carbonyl (C=O) groups excluding carboxylic acids is 1. The lowest BCUT2D eigenvalue weighted by atomic mass is 9.89. The molecular formula is C18H14N2O3. The summed E-state index contributed by atoms with van der Waals surface area (Å²) in [6.45, 7) is 0. The molecule has 0 saturated heterocycles. The second-order valence-corrected chi connectivity index (χ2v) is 5.12. The number of nitriles is 1. The minimum absolute atomic E-state index is 0.0884. The summed E-state index contributed by atoms with van der Waals surface area (Å²) in [5.74, 6) is 0.0390. The molecule has 0 radical (unpaired) electrons. The number of hydrogen-bond acceptors (Lipinski definition) is 4. The SMILES string of the molecule is COc1ccc(C2(O)NC(=O)C(C#N)=C2c2ccccc2)cc1. The molecule has 0 bridgehead atoms. The minimum Gasteiger partial charge on any atom is -0.497 e. The predicted octanol–water partition coefficient (Wildman–Crippen LogP) is 1.95. The predicted molar refractivity (Wildman–Crippen MR) is 84.0 cm³/mol. The summed E-state index contributed by atoms with van der Waals surface area (Å²) in [6, 6.07) is 17.5. The van der Waals surface area contributed by atoms with Gasteiger partial charge in [0.25, 0.3) is 5.91 Å². The quantitative estimate of drug-likeness (QED) is 0.908. The number of rotatable bonds is 3. The van der Waals surface area contributed by atoms with E-state index in [0.29, 0.717) is 16.9 Å². The zero-order valence-corrected chi connectivity index (χ0v) is 12.4. The van der Waals surface area contributed by atoms with Crippen LogP contribution in [-0.4, -0.2) is 18.1 Å². The Labute approximate surface area is 133 Å². The number of carbonyl (C=O) groups is 1. The first-order chi connectivity index (χ1) is 11.1. The highest BCUT2D eigenvalue weighted by Gasteiger charge is 2.45. The van der Waals surface area contributed by atoms with Gasteiger partial charge in [-0.1, -0.05) is 42.5 Å². The van der Waals surface area contributed by atoms with Crippen molar-refractivity contribution in [3.63, 3.8) is 0 Å². The number of amides is 1. The van der Waals surface area contributed by atoms with Gasteiger partial charge < -0.3 is 15.2 Å². The van der Waals surface area contributed by atoms with Gasteiger partial charge >= 0.3 is 0 Å². The molecule has 5 nitrogen and oxygen atoms in total. The number of ether oxygens (including phenoxy) is 1. The first-order valence-corrected chi connectivity index (χ1v) is 7.00. The molecule has 5 heteroatoms. The van der Waals surface area contributed by atoms with E-state index in [-0.39, 0.29) is 11.1 Å². The summed E-state index contributed by atoms with van der Waals surface area (Å²) in [5, 5.41) is 23.0. The Bertz CT molecular complexity index is 820. The Morgan fingerprint density at radius 1 is 1.13 bits per heavy atom. The maximum absolute atomic E-state index is 12.1. The Morgan fingerprint density at radius 2 is 1.78 bits per heavy atom. The van der Waals surface area contributed by atoms with Crippen LogP contribution in [0, 0.1) is 11.3 Å². The average Bonchev–Trinajstić information content (AvgIpc) is 2.86. The third-order valence-electron chi connectivity index (χ3n) is 3.82. The van der Waals surface area contributed by atoms with Crippen LogP contribution in [0.5, 0.6) is 5.75 Å². The second-order valence-electron chi connectivity index (χ2n) is 5.12. The van der Waals surface area contributed by atoms with Gasteiger partial charge in [0.1, 0.15) is 17.4 Å². The number of hydrogen-bond donors (Lipinski definition) is 2. The van der Waals surface area contributed by atoms with Crippen molar-refractivity contribution in [1.29, 1.82) is 5.26 Å². The summed E-state index contributed by atoms with van der Waals surface area (Å²) in [5.41, 5.74) is -0.516. The third kappa shape index (κ3) is 2.35. The summed E-state index contributed by atoms with van der Waals surface area (Å²) in [6.07, 6.45) is 0. The van der Waals surface area contributed by atoms with Gasteiger partial charge in [-0.05, 0) is 17.7 Å². The van der Waals surface area contributed by atoms with Crippen molar-refractivity contribution in [3.05, 3.63) is 71.3 Å². The van der Waals surface area contributed by atoms with E-state index in [2.05, 4.69) is 5.32 Å². The van der Waals surface area contributed by atoms with Crippen molar-refractivity contribution in [2.24, 2.45) is 0 Å². The van der Waals surface area contributed by atoms with E-state index in [1.165, 1.54) is 0 Å². The van der Waals surface area contributed by atoms with Crippen molar-refractivity contribution in [3.8, 4) is 11.8 Å². The van der Waals surface area contributed by atoms with Gasteiger partial charge in [0, 0.05) is 11.1 Å². The highest BCUT2D eigenvalue weighted by Crippen LogP contribution is 2.41. The maximum Gasteiger partial charge on any atom is 0.265 e. The van der Waals surface area contributed by atoms with Crippen molar-refractivity contribution < 1.29 is 14.6 Å². The number of nitrogens with zero attached hydrogens (tertiary/aromatic N) is 1. The van der Waals surface area contributed by atoms with E-state index in [9.17, 15) is 15.2 Å². The fraction of sp³-hybridized carbons (Fsp3) is 0.111. The largest absolute Gasteiger partial charge is 0.497 e. The summed E-state index contributed by atoms with van der Waals surface area (Å²) >= 11 is 0. The highest BCUT2D eigenvalue weighted by atomic mass is 16.5. The van der Waals surface area contributed by atoms with Crippen LogP contribution in [0.15, 0.2) is 60.2 Å². The van der Waals surface area contributed by atoms with Gasteiger partial charge in [-0.3, -0.25) is 4.79 Å². The lowest BCUT2D eigenvalue weighted by Gasteiger charge is -2.27. The first kappa shape index (κ1) is 14.8. The van der Waals surface area contributed by atoms with Crippen LogP contribution in [-0.2, 0) is 10.5 Å². The Hall–Kier alpha value is -3.10. The molecule has 1 heterocycles. The number of nitrogens with one attached hydrogen (secondary N) is 1. The average molecular weight is 306 g/mol. The molecule has 1 amide bonds. The van der Waals surface area contributed by atoms with Gasteiger partial charge in [-0.15, -0.1) is 0 Å². The fourth-order valence-electron chi connectivity index (χ4n) is 2.70. The highest BCUT2D eigenvalue weighted by molar-refractivity contribution is 6.11. The van der Waals surface area contributed by atoms with Crippen LogP contribution in [0.4, 0.5) is 0 Å². The summed E-state index contributed by atoms with van der Waals surface area (Å²) in [7, 11) is 1.55. The molecule has 1 aliphatic rings. The van der Waals surface area contributed by atoms with E-state index in [4.69, 9.17) is 4.74 Å². The van der Waals surface area contributed by atoms with Gasteiger partial charge in [0.15, 0.2) is 5.72 Å². The molecule has 0 spiro atoms. The van der Waals surface area contributed by atoms with Crippen molar-refractivity contribution >= 4 is 11.5 Å². The van der Waals surface area contributed by atoms with E-state index in [1.807, 2.05) is 12.1 Å². The number of aliphatic hydroxyl groups is 1. The number of methoxy groups -OCH3 is 1. The lowest BCUT2D eigenvalue weighted by molar-refractivity contribution is -0.120. The topological polar surface area (TPSA) is 82.3 Å². The molecule has 2 aromatic carbocycles. The van der Waals surface area contributed by atoms with Gasteiger partial charge in [0.2, 0.25) is 0 Å². The molecule has 0 fully saturated rings. The fourth-order valence-corrected chi connectivity index (χ4v) is 2.70. The zero-order valence-electron chi connectivity index (χ0n) is 12.4. The molecule has 3 rings (SSSR count). The second kappa shape index (κ2) is 5.59. The van der Waals surface area contributed by atoms with E-state index >= 15 is 0 Å². The van der Waals surface area contributed by atoms with Crippen LogP contribution in [0.2, 0.25) is 0 Å². The zero-order chi connectivity index (χ0) is 16.4. The molecule has 114 valence electrons. The van der Waals surface area contributed by atoms with E-state index < -0.39 is 11.6 Å². The van der Waals surface area contributed by atoms with Crippen LogP contribution in [0.1, 0.15) is 11.1 Å². The summed E-state index contributed by atoms with van der Waals surface area (Å²) in [4.78, 5) is 12.1. The molecule has 0 saturated carbocycles. The minimum atomic E-state index is -1.75. The standard InChI is InChI=1S/C18H14N2O3/c1-23-14-9-7-13(8-10-14)18(22)16(12-5-3-2-4-6-12)15(11-19)17(21)20-18/h2-10,22H,1H3,(H,20,21). The van der Waals surface area contributed by atoms with Crippen LogP contribution >= 0.6 is 0 Å².